The van der Waals surface area contributed by atoms with Gasteiger partial charge in [-0.2, -0.15) is 4.90 Å². The predicted molar refractivity (Wildman–Crippen MR) is 69.6 cm³/mol. The highest BCUT2D eigenvalue weighted by Gasteiger charge is 2.40. The number of rotatable bonds is 4. The summed E-state index contributed by atoms with van der Waals surface area (Å²) in [7, 11) is 0. The van der Waals surface area contributed by atoms with Crippen LogP contribution in [0.15, 0.2) is 30.3 Å². The van der Waals surface area contributed by atoms with E-state index in [4.69, 9.17) is 4.74 Å². The molecule has 3 fully saturated rings. The van der Waals surface area contributed by atoms with Gasteiger partial charge >= 0.3 is 0 Å². The summed E-state index contributed by atoms with van der Waals surface area (Å²) in [4.78, 5) is 2.66. The first-order valence-electron chi connectivity index (χ1n) is 6.84. The molecule has 3 saturated heterocycles. The number of nitrogens with zero attached hydrogens (tertiary/aromatic N) is 1. The largest absolute Gasteiger partial charge is 0.493 e. The van der Waals surface area contributed by atoms with Crippen molar-refractivity contribution in [3.05, 3.63) is 30.3 Å². The second-order valence-corrected chi connectivity index (χ2v) is 5.32. The van der Waals surface area contributed by atoms with Gasteiger partial charge in [-0.25, -0.2) is 0 Å². The van der Waals surface area contributed by atoms with Gasteiger partial charge in [0.05, 0.1) is 6.61 Å². The highest BCUT2D eigenvalue weighted by Crippen LogP contribution is 2.31. The van der Waals surface area contributed by atoms with Crippen LogP contribution in [0.3, 0.4) is 0 Å². The SMILES string of the molecule is c1ccc(OCCC2CC3CC[N+]2CC3)cc1. The number of para-hydroxylation sites is 1. The van der Waals surface area contributed by atoms with Crippen LogP contribution < -0.4 is 9.64 Å². The van der Waals surface area contributed by atoms with Crippen LogP contribution >= 0.6 is 0 Å². The molecule has 0 aliphatic carbocycles. The Kier molecular flexibility index (Phi) is 3.32. The molecule has 2 heteroatoms. The molecule has 0 saturated carbocycles. The fraction of sp³-hybridized carbons (Fsp3) is 0.600. The van der Waals surface area contributed by atoms with Crippen LogP contribution in [-0.4, -0.2) is 25.7 Å². The summed E-state index contributed by atoms with van der Waals surface area (Å²) in [5.74, 6) is 2.00. The number of ether oxygens (including phenoxy) is 1. The van der Waals surface area contributed by atoms with E-state index in [9.17, 15) is 0 Å². The molecular formula is C15H21NO+. The molecule has 17 heavy (non-hydrogen) atoms. The Balaban J connectivity index is 1.46. The standard InChI is InChI=1S/C15H21NO/c1-2-4-15(5-3-1)17-11-8-14-12-13-6-9-16(14)10-7-13/h1-5,13-14H,6-12H2/q+1. The minimum absolute atomic E-state index is 0.784. The summed E-state index contributed by atoms with van der Waals surface area (Å²) >= 11 is 0. The van der Waals surface area contributed by atoms with Gasteiger partial charge in [-0.05, 0) is 18.1 Å². The molecule has 2 nitrogen and oxygen atoms in total. The zero-order valence-electron chi connectivity index (χ0n) is 10.3. The Hall–Kier alpha value is -1.02. The lowest BCUT2D eigenvalue weighted by Crippen LogP contribution is -2.53. The van der Waals surface area contributed by atoms with Gasteiger partial charge in [-0.1, -0.05) is 18.2 Å². The topological polar surface area (TPSA) is 15.1 Å². The van der Waals surface area contributed by atoms with E-state index < -0.39 is 0 Å². The van der Waals surface area contributed by atoms with Crippen molar-refractivity contribution >= 4 is 0 Å². The fourth-order valence-corrected chi connectivity index (χ4v) is 3.22. The van der Waals surface area contributed by atoms with Gasteiger partial charge in [0.2, 0.25) is 0 Å². The smallest absolute Gasteiger partial charge is 0.136 e. The van der Waals surface area contributed by atoms with Crippen molar-refractivity contribution in [1.29, 1.82) is 0 Å². The molecule has 3 aliphatic rings. The second-order valence-electron chi connectivity index (χ2n) is 5.32. The van der Waals surface area contributed by atoms with Crippen molar-refractivity contribution in [3.63, 3.8) is 0 Å². The molecular weight excluding hydrogens is 210 g/mol. The molecule has 2 bridgehead atoms. The van der Waals surface area contributed by atoms with E-state index >= 15 is 0 Å². The summed E-state index contributed by atoms with van der Waals surface area (Å²) in [6, 6.07) is 10.9. The Labute approximate surface area is 104 Å². The lowest BCUT2D eigenvalue weighted by atomic mass is 9.82. The summed E-state index contributed by atoms with van der Waals surface area (Å²) < 4.78 is 5.79. The number of piperidine rings is 3. The van der Waals surface area contributed by atoms with E-state index in [0.717, 1.165) is 24.3 Å². The molecule has 1 unspecified atom stereocenters. The Morgan fingerprint density at radius 3 is 2.53 bits per heavy atom. The van der Waals surface area contributed by atoms with Crippen molar-refractivity contribution in [2.45, 2.75) is 31.7 Å². The van der Waals surface area contributed by atoms with Gasteiger partial charge in [-0.15, -0.1) is 0 Å². The van der Waals surface area contributed by atoms with Gasteiger partial charge in [0.15, 0.2) is 0 Å². The second kappa shape index (κ2) is 5.09. The molecule has 1 radical (unpaired) electrons. The average Bonchev–Trinajstić information content (AvgIpc) is 2.41. The molecule has 91 valence electrons. The molecule has 3 heterocycles. The van der Waals surface area contributed by atoms with Crippen LogP contribution in [0, 0.1) is 5.92 Å². The molecule has 1 aromatic rings. The first-order chi connectivity index (χ1) is 8.42. The zero-order chi connectivity index (χ0) is 11.5. The number of hydrogen-bond donors (Lipinski definition) is 0. The minimum Gasteiger partial charge on any atom is -0.493 e. The molecule has 1 aromatic carbocycles. The van der Waals surface area contributed by atoms with E-state index in [1.807, 2.05) is 30.3 Å². The number of fused-ring (bicyclic) bond motifs is 3. The Bertz CT molecular complexity index is 343. The fourth-order valence-electron chi connectivity index (χ4n) is 3.22. The lowest BCUT2D eigenvalue weighted by Gasteiger charge is -2.37. The van der Waals surface area contributed by atoms with Gasteiger partial charge in [0.25, 0.3) is 0 Å². The van der Waals surface area contributed by atoms with Crippen LogP contribution in [0.5, 0.6) is 5.75 Å². The van der Waals surface area contributed by atoms with Gasteiger partial charge in [0.1, 0.15) is 24.9 Å². The van der Waals surface area contributed by atoms with Crippen LogP contribution in [0.4, 0.5) is 0 Å². The van der Waals surface area contributed by atoms with Crippen LogP contribution in [0.25, 0.3) is 0 Å². The minimum atomic E-state index is 0.784. The molecule has 0 amide bonds. The van der Waals surface area contributed by atoms with Crippen LogP contribution in [-0.2, 0) is 0 Å². The lowest BCUT2D eigenvalue weighted by molar-refractivity contribution is 0.110. The number of benzene rings is 1. The van der Waals surface area contributed by atoms with Gasteiger partial charge in [-0.3, -0.25) is 0 Å². The molecule has 0 aromatic heterocycles. The summed E-state index contributed by atoms with van der Waals surface area (Å²) in [5, 5.41) is 0. The first kappa shape index (κ1) is 11.1. The highest BCUT2D eigenvalue weighted by atomic mass is 16.5. The van der Waals surface area contributed by atoms with E-state index in [1.165, 1.54) is 38.8 Å². The molecule has 1 atom stereocenters. The quantitative estimate of drug-likeness (QED) is 0.727. The van der Waals surface area contributed by atoms with Crippen molar-refractivity contribution in [2.24, 2.45) is 5.92 Å². The molecule has 0 spiro atoms. The summed E-state index contributed by atoms with van der Waals surface area (Å²) in [6.45, 7) is 3.50. The maximum Gasteiger partial charge on any atom is 0.136 e. The highest BCUT2D eigenvalue weighted by molar-refractivity contribution is 5.20. The third-order valence-corrected chi connectivity index (χ3v) is 4.23. The van der Waals surface area contributed by atoms with E-state index in [2.05, 4.69) is 4.90 Å². The van der Waals surface area contributed by atoms with E-state index in [-0.39, 0.29) is 0 Å². The van der Waals surface area contributed by atoms with E-state index in [0.29, 0.717) is 0 Å². The molecule has 4 rings (SSSR count). The van der Waals surface area contributed by atoms with Gasteiger partial charge in [0, 0.05) is 25.7 Å². The van der Waals surface area contributed by atoms with Crippen LogP contribution in [0.1, 0.15) is 25.7 Å². The maximum absolute atomic E-state index is 5.79. The zero-order valence-corrected chi connectivity index (χ0v) is 10.3. The first-order valence-corrected chi connectivity index (χ1v) is 6.84. The average molecular weight is 231 g/mol. The van der Waals surface area contributed by atoms with Crippen molar-refractivity contribution in [2.75, 3.05) is 19.7 Å². The van der Waals surface area contributed by atoms with Crippen molar-refractivity contribution in [1.82, 2.24) is 4.90 Å². The monoisotopic (exact) mass is 231 g/mol. The molecule has 0 N–H and O–H groups in total. The normalized spacial score (nSPS) is 31.4. The molecule has 3 aliphatic heterocycles. The third kappa shape index (κ3) is 2.63. The Morgan fingerprint density at radius 2 is 1.88 bits per heavy atom. The number of hydrogen-bond acceptors (Lipinski definition) is 2. The van der Waals surface area contributed by atoms with Crippen molar-refractivity contribution in [3.8, 4) is 5.75 Å². The summed E-state index contributed by atoms with van der Waals surface area (Å²) in [5.41, 5.74) is 0. The van der Waals surface area contributed by atoms with Gasteiger partial charge < -0.3 is 4.74 Å². The summed E-state index contributed by atoms with van der Waals surface area (Å²) in [6.07, 6.45) is 5.44. The van der Waals surface area contributed by atoms with E-state index in [1.54, 1.807) is 0 Å². The Morgan fingerprint density at radius 1 is 1.12 bits per heavy atom. The predicted octanol–water partition coefficient (Wildman–Crippen LogP) is 2.78. The third-order valence-electron chi connectivity index (χ3n) is 4.23. The van der Waals surface area contributed by atoms with Crippen LogP contribution in [0.2, 0.25) is 0 Å². The van der Waals surface area contributed by atoms with Crippen molar-refractivity contribution < 1.29 is 4.74 Å². The maximum atomic E-state index is 5.79.